The number of aliphatic hydroxyl groups excluding tert-OH is 1. The number of hydrogen-bond acceptors (Lipinski definition) is 7. The van der Waals surface area contributed by atoms with E-state index < -0.39 is 40.8 Å². The molecule has 2 aromatic carbocycles. The van der Waals surface area contributed by atoms with Crippen LogP contribution in [0.4, 0.5) is 8.78 Å². The van der Waals surface area contributed by atoms with Gasteiger partial charge in [0.2, 0.25) is 5.90 Å². The lowest BCUT2D eigenvalue weighted by atomic mass is 9.87. The van der Waals surface area contributed by atoms with Crippen molar-refractivity contribution in [2.24, 2.45) is 4.99 Å². The fraction of sp³-hybridized carbons (Fsp3) is 0.464. The van der Waals surface area contributed by atoms with Gasteiger partial charge in [0, 0.05) is 31.6 Å². The molecule has 2 aromatic rings. The van der Waals surface area contributed by atoms with Crippen molar-refractivity contribution in [3.63, 3.8) is 0 Å². The topological polar surface area (TPSA) is 106 Å². The van der Waals surface area contributed by atoms with Gasteiger partial charge < -0.3 is 24.6 Å². The Morgan fingerprint density at radius 1 is 1.13 bits per heavy atom. The van der Waals surface area contributed by atoms with Gasteiger partial charge >= 0.3 is 5.97 Å². The quantitative estimate of drug-likeness (QED) is 0.334. The molecule has 0 radical (unpaired) electrons. The van der Waals surface area contributed by atoms with Crippen molar-refractivity contribution >= 4 is 17.8 Å². The third kappa shape index (κ3) is 7.50. The predicted octanol–water partition coefficient (Wildman–Crippen LogP) is 4.07. The van der Waals surface area contributed by atoms with Crippen molar-refractivity contribution in [1.82, 2.24) is 5.32 Å². The molecule has 206 valence electrons. The van der Waals surface area contributed by atoms with Crippen LogP contribution < -0.4 is 10.1 Å². The highest BCUT2D eigenvalue weighted by Gasteiger charge is 2.50. The second-order valence-electron chi connectivity index (χ2n) is 10.1. The molecule has 0 saturated heterocycles. The zero-order valence-electron chi connectivity index (χ0n) is 22.1. The van der Waals surface area contributed by atoms with Crippen LogP contribution in [-0.4, -0.2) is 53.3 Å². The number of esters is 1. The van der Waals surface area contributed by atoms with Crippen molar-refractivity contribution in [1.29, 1.82) is 0 Å². The number of carbonyl (C=O) groups excluding carboxylic acids is 2. The van der Waals surface area contributed by atoms with Gasteiger partial charge in [0.25, 0.3) is 5.91 Å². The highest BCUT2D eigenvalue weighted by molar-refractivity contribution is 6.00. The average molecular weight is 533 g/mol. The Morgan fingerprint density at radius 2 is 1.84 bits per heavy atom. The summed E-state index contributed by atoms with van der Waals surface area (Å²) in [7, 11) is 0. The molecule has 1 heterocycles. The van der Waals surface area contributed by atoms with Crippen molar-refractivity contribution in [3.8, 4) is 5.75 Å². The first-order chi connectivity index (χ1) is 17.9. The molecule has 2 N–H and O–H groups in total. The molecule has 2 atom stereocenters. The summed E-state index contributed by atoms with van der Waals surface area (Å²) in [5.74, 6) is -2.16. The van der Waals surface area contributed by atoms with E-state index in [-0.39, 0.29) is 31.9 Å². The molecule has 1 aliphatic heterocycles. The van der Waals surface area contributed by atoms with Gasteiger partial charge in [-0.1, -0.05) is 6.07 Å². The van der Waals surface area contributed by atoms with E-state index in [2.05, 4.69) is 10.3 Å². The van der Waals surface area contributed by atoms with Crippen LogP contribution in [-0.2, 0) is 25.6 Å². The van der Waals surface area contributed by atoms with E-state index in [1.807, 2.05) is 0 Å². The van der Waals surface area contributed by atoms with Crippen molar-refractivity contribution in [2.45, 2.75) is 70.7 Å². The highest BCUT2D eigenvalue weighted by atomic mass is 19.2. The van der Waals surface area contributed by atoms with Crippen LogP contribution in [0.15, 0.2) is 47.5 Å². The number of amides is 1. The first-order valence-corrected chi connectivity index (χ1v) is 12.5. The minimum absolute atomic E-state index is 0.0124. The Bertz CT molecular complexity index is 1160. The van der Waals surface area contributed by atoms with Crippen molar-refractivity contribution in [2.75, 3.05) is 13.2 Å². The lowest BCUT2D eigenvalue weighted by Gasteiger charge is -2.28. The number of aliphatic hydroxyl groups is 1. The normalized spacial score (nSPS) is 18.9. The van der Waals surface area contributed by atoms with Crippen molar-refractivity contribution < 1.29 is 37.7 Å². The first-order valence-electron chi connectivity index (χ1n) is 12.5. The minimum Gasteiger partial charge on any atom is -0.494 e. The molecule has 3 rings (SSSR count). The van der Waals surface area contributed by atoms with E-state index in [1.165, 1.54) is 6.07 Å². The molecular weight excluding hydrogens is 498 g/mol. The summed E-state index contributed by atoms with van der Waals surface area (Å²) in [5.41, 5.74) is -1.17. The number of rotatable bonds is 11. The van der Waals surface area contributed by atoms with Gasteiger partial charge in [0.1, 0.15) is 17.5 Å². The van der Waals surface area contributed by atoms with Crippen LogP contribution in [0.3, 0.4) is 0 Å². The number of nitrogens with zero attached hydrogens (tertiary/aromatic N) is 1. The monoisotopic (exact) mass is 532 g/mol. The molecule has 0 bridgehead atoms. The molecule has 0 aliphatic carbocycles. The fourth-order valence-electron chi connectivity index (χ4n) is 3.92. The highest BCUT2D eigenvalue weighted by Crippen LogP contribution is 2.34. The molecule has 0 aromatic heterocycles. The summed E-state index contributed by atoms with van der Waals surface area (Å²) < 4.78 is 43.9. The van der Waals surface area contributed by atoms with E-state index in [0.717, 1.165) is 12.1 Å². The molecule has 0 spiro atoms. The largest absolute Gasteiger partial charge is 0.494 e. The van der Waals surface area contributed by atoms with E-state index in [4.69, 9.17) is 19.3 Å². The maximum Gasteiger partial charge on any atom is 0.306 e. The number of benzene rings is 2. The number of nitrogens with one attached hydrogen (secondary N) is 1. The maximum absolute atomic E-state index is 13.6. The third-order valence-electron chi connectivity index (χ3n) is 5.89. The zero-order valence-corrected chi connectivity index (χ0v) is 22.1. The van der Waals surface area contributed by atoms with E-state index in [1.54, 1.807) is 52.0 Å². The Hall–Kier alpha value is -3.53. The number of aliphatic imine (C=N–C) groups is 1. The molecule has 0 saturated carbocycles. The van der Waals surface area contributed by atoms with Crippen molar-refractivity contribution in [3.05, 3.63) is 65.2 Å². The molecule has 38 heavy (non-hydrogen) atoms. The molecule has 1 amide bonds. The maximum atomic E-state index is 13.6. The number of hydrogen-bond donors (Lipinski definition) is 2. The van der Waals surface area contributed by atoms with Crippen LogP contribution >= 0.6 is 0 Å². The number of carbonyl (C=O) groups is 2. The smallest absolute Gasteiger partial charge is 0.306 e. The third-order valence-corrected chi connectivity index (χ3v) is 5.89. The van der Waals surface area contributed by atoms with Crippen LogP contribution in [0.5, 0.6) is 5.75 Å². The average Bonchev–Trinajstić information content (AvgIpc) is 3.20. The van der Waals surface area contributed by atoms with Crippen LogP contribution in [0, 0.1) is 11.6 Å². The standard InChI is InChI=1S/C28H34F2N2O6/c1-18-28(13-12-24(34)38-27(2,3)4,26(35)31-17-19-6-11-22(29)23(30)16-19)32-25(37-18)20-7-9-21(10-8-20)36-15-5-14-33/h6-11,16,18,33H,5,12-15,17H2,1-4H3,(H,31,35)/t18-,28-/m1/s1. The predicted molar refractivity (Wildman–Crippen MR) is 137 cm³/mol. The minimum atomic E-state index is -1.46. The summed E-state index contributed by atoms with van der Waals surface area (Å²) >= 11 is 0. The Labute approximate surface area is 221 Å². The summed E-state index contributed by atoms with van der Waals surface area (Å²) in [6.45, 7) is 7.29. The summed E-state index contributed by atoms with van der Waals surface area (Å²) in [4.78, 5) is 30.7. The Kier molecular flexibility index (Phi) is 9.43. The molecule has 0 unspecified atom stereocenters. The van der Waals surface area contributed by atoms with Gasteiger partial charge in [0.05, 0.1) is 6.61 Å². The second kappa shape index (κ2) is 12.3. The summed E-state index contributed by atoms with van der Waals surface area (Å²) in [5, 5.41) is 11.6. The molecule has 0 fully saturated rings. The second-order valence-corrected chi connectivity index (χ2v) is 10.1. The van der Waals surface area contributed by atoms with Gasteiger partial charge in [-0.3, -0.25) is 9.59 Å². The van der Waals surface area contributed by atoms with Crippen LogP contribution in [0.2, 0.25) is 0 Å². The van der Waals surface area contributed by atoms with Gasteiger partial charge in [-0.05, 0) is 76.1 Å². The zero-order chi connectivity index (χ0) is 27.9. The van der Waals surface area contributed by atoms with Gasteiger partial charge in [-0.25, -0.2) is 13.8 Å². The summed E-state index contributed by atoms with van der Waals surface area (Å²) in [6, 6.07) is 10.3. The summed E-state index contributed by atoms with van der Waals surface area (Å²) in [6.07, 6.45) is -0.295. The fourth-order valence-corrected chi connectivity index (χ4v) is 3.92. The van der Waals surface area contributed by atoms with Gasteiger partial charge in [-0.2, -0.15) is 0 Å². The Balaban J connectivity index is 1.83. The van der Waals surface area contributed by atoms with E-state index >= 15 is 0 Å². The lowest BCUT2D eigenvalue weighted by molar-refractivity contribution is -0.155. The molecule has 10 heteroatoms. The SMILES string of the molecule is C[C@H]1OC(c2ccc(OCCCO)cc2)=N[C@@]1(CCC(=O)OC(C)(C)C)C(=O)NCc1ccc(F)c(F)c1. The molecule has 8 nitrogen and oxygen atoms in total. The Morgan fingerprint density at radius 3 is 2.47 bits per heavy atom. The van der Waals surface area contributed by atoms with E-state index in [0.29, 0.717) is 29.9 Å². The van der Waals surface area contributed by atoms with E-state index in [9.17, 15) is 18.4 Å². The van der Waals surface area contributed by atoms with Crippen LogP contribution in [0.1, 0.15) is 58.1 Å². The lowest BCUT2D eigenvalue weighted by Crippen LogP contribution is -2.51. The van der Waals surface area contributed by atoms with Gasteiger partial charge in [0.15, 0.2) is 17.2 Å². The number of ether oxygens (including phenoxy) is 3. The van der Waals surface area contributed by atoms with Crippen LogP contribution in [0.25, 0.3) is 0 Å². The first kappa shape index (κ1) is 29.0. The number of halogens is 2. The molecule has 1 aliphatic rings. The molecular formula is C28H34F2N2O6. The van der Waals surface area contributed by atoms with Gasteiger partial charge in [-0.15, -0.1) is 0 Å².